The average Bonchev–Trinajstić information content (AvgIpc) is 2.84. The van der Waals surface area contributed by atoms with Crippen LogP contribution in [0.4, 0.5) is 0 Å². The molecule has 0 spiro atoms. The Morgan fingerprint density at radius 2 is 0.172 bits per heavy atom. The summed E-state index contributed by atoms with van der Waals surface area (Å²) < 4.78 is 0. The van der Waals surface area contributed by atoms with Gasteiger partial charge in [-0.25, -0.2) is 0 Å². The van der Waals surface area contributed by atoms with Gasteiger partial charge in [0.15, 0.2) is 0 Å². The van der Waals surface area contributed by atoms with Gasteiger partial charge in [-0.2, -0.15) is 0 Å². The van der Waals surface area contributed by atoms with Crippen molar-refractivity contribution in [1.82, 2.24) is 0 Å². The number of rotatable bonds is 0. The molecule has 0 heterocycles. The Bertz CT molecular complexity index is 234. The van der Waals surface area contributed by atoms with E-state index in [2.05, 4.69) is 0 Å². The zero-order chi connectivity index (χ0) is 24.0. The van der Waals surface area contributed by atoms with E-state index >= 15 is 0 Å². The largest absolute Gasteiger partial charge is 3.00 e. The fraction of sp³-hybridized carbons (Fsp3) is 0. The minimum Gasteiger partial charge on any atom is -0.512 e. The summed E-state index contributed by atoms with van der Waals surface area (Å²) in [4.78, 5) is 0. The van der Waals surface area contributed by atoms with Gasteiger partial charge in [-0.15, -0.1) is 0 Å². The van der Waals surface area contributed by atoms with E-state index in [4.69, 9.17) is 142 Å². The van der Waals surface area contributed by atoms with Crippen LogP contribution in [0, 0.1) is 142 Å². The van der Waals surface area contributed by atoms with Crippen LogP contribution >= 0.6 is 0 Å². The molecule has 0 aliphatic heterocycles. The first-order chi connectivity index (χ1) is 12.0. The van der Waals surface area contributed by atoms with Crippen molar-refractivity contribution in [2.24, 2.45) is 0 Å². The molecule has 0 atom stereocenters. The molecule has 0 unspecified atom stereocenters. The molecular weight excluding hydrogens is 873 g/mol. The monoisotopic (exact) mass is 875 g/mol. The maximum absolute atomic E-state index is 6.25. The Labute approximate surface area is 230 Å². The molecule has 0 saturated carbocycles. The number of hydrogen-bond acceptors (Lipinski definition) is 12. The van der Waals surface area contributed by atoms with Gasteiger partial charge in [-0.3, -0.25) is 0 Å². The van der Waals surface area contributed by atoms with Crippen LogP contribution in [0.5, 0.6) is 0 Å². The molecule has 0 aliphatic carbocycles. The van der Waals surface area contributed by atoms with Gasteiger partial charge in [0.2, 0.25) is 0 Å². The van der Waals surface area contributed by atoms with Crippen LogP contribution in [0.3, 0.4) is 0 Å². The van der Waals surface area contributed by atoms with E-state index in [0.29, 0.717) is 0 Å². The maximum atomic E-state index is 6.25. The van der Waals surface area contributed by atoms with E-state index in [9.17, 15) is 0 Å². The van der Waals surface area contributed by atoms with Gasteiger partial charge in [0.1, 0.15) is 0 Å². The predicted molar refractivity (Wildman–Crippen MR) is 59.6 cm³/mol. The molecule has 0 bridgehead atoms. The van der Waals surface area contributed by atoms with Crippen LogP contribution in [-0.2, 0) is 90.5 Å². The van der Waals surface area contributed by atoms with E-state index in [1.807, 2.05) is 0 Å². The molecule has 0 rings (SSSR count). The zero-order valence-corrected chi connectivity index (χ0v) is 20.9. The minimum atomic E-state index is 0. The van der Waals surface area contributed by atoms with Crippen LogP contribution < -0.4 is 0 Å². The maximum Gasteiger partial charge on any atom is 3.00 e. The molecule has 17 heteroatoms. The van der Waals surface area contributed by atoms with Crippen LogP contribution in [0.25, 0.3) is 0 Å². The number of nitrogens with zero attached hydrogens (tertiary/aromatic N) is 12. The van der Waals surface area contributed by atoms with E-state index in [0.717, 1.165) is 0 Å². The van der Waals surface area contributed by atoms with Gasteiger partial charge in [0.05, 0.1) is 0 Å². The second-order valence-electron chi connectivity index (χ2n) is 0. The van der Waals surface area contributed by atoms with Crippen LogP contribution in [-0.4, -0.2) is 0 Å². The Balaban J connectivity index is -0.00000000356. The second kappa shape index (κ2) is 1270. The second-order valence-corrected chi connectivity index (χ2v) is 0. The van der Waals surface area contributed by atoms with E-state index < -0.39 is 0 Å². The van der Waals surface area contributed by atoms with Crippen LogP contribution in [0.1, 0.15) is 0 Å². The minimum absolute atomic E-state index is 0. The summed E-state index contributed by atoms with van der Waals surface area (Å²) in [6.07, 6.45) is 0. The number of hydrogen-bond donors (Lipinski definition) is 0. The van der Waals surface area contributed by atoms with Crippen LogP contribution in [0.15, 0.2) is 0 Å². The van der Waals surface area contributed by atoms with E-state index in [1.54, 1.807) is 0 Å². The van der Waals surface area contributed by atoms with Crippen molar-refractivity contribution in [2.45, 2.75) is 0 Å². The van der Waals surface area contributed by atoms with E-state index in [1.165, 1.54) is 0 Å². The van der Waals surface area contributed by atoms with Crippen molar-refractivity contribution < 1.29 is 90.5 Å². The van der Waals surface area contributed by atoms with Crippen LogP contribution in [0.2, 0.25) is 0 Å². The van der Waals surface area contributed by atoms with Gasteiger partial charge in [-0.05, 0) is 0 Å². The normalized spacial score (nSPS) is 0.828. The van der Waals surface area contributed by atoms with Gasteiger partial charge in [-0.1, -0.05) is 0 Å². The first kappa shape index (κ1) is 207. The molecule has 0 aromatic carbocycles. The standard InChI is InChI=1S/12CN.3Co.2Ir/c12*1-2;;;;;/q12*-1;3*+2;2*+3. The van der Waals surface area contributed by atoms with Crippen molar-refractivity contribution in [3.8, 4) is 0 Å². The van der Waals surface area contributed by atoms with E-state index in [-0.39, 0.29) is 90.5 Å². The summed E-state index contributed by atoms with van der Waals surface area (Å²) in [5.41, 5.74) is 0. The molecule has 153 valence electrons. The molecule has 12 nitrogen and oxygen atoms in total. The third-order valence-electron chi connectivity index (χ3n) is 0. The Hall–Kier alpha value is -3.30. The van der Waals surface area contributed by atoms with Gasteiger partial charge < -0.3 is 142 Å². The summed E-state index contributed by atoms with van der Waals surface area (Å²) in [5.74, 6) is 0. The molecular formula is C12Co3Ir2N12. The molecule has 0 aromatic rings. The topological polar surface area (TPSA) is 285 Å². The molecule has 0 aliphatic rings. The Kier molecular flexibility index (Phi) is 9090. The Morgan fingerprint density at radius 1 is 0.172 bits per heavy atom. The third kappa shape index (κ3) is 1170. The molecule has 0 N–H and O–H groups in total. The molecule has 0 amide bonds. The van der Waals surface area contributed by atoms with Crippen molar-refractivity contribution in [3.05, 3.63) is 78.9 Å². The summed E-state index contributed by atoms with van der Waals surface area (Å²) in [6, 6.07) is 0. The smallest absolute Gasteiger partial charge is 0.512 e. The third-order valence-corrected chi connectivity index (χ3v) is 0. The fourth-order valence-corrected chi connectivity index (χ4v) is 0. The molecule has 3 radical (unpaired) electrons. The predicted octanol–water partition coefficient (Wildman–Crippen LogP) is 1.14. The SMILES string of the molecule is [C-]#N.[C-]#N.[C-]#N.[C-]#N.[C-]#N.[C-]#N.[C-]#N.[C-]#N.[C-]#N.[C-]#N.[C-]#N.[C-]#N.[Co+2].[Co+2].[Co+2].[Ir+3].[Ir+3]. The molecule has 29 heavy (non-hydrogen) atoms. The summed E-state index contributed by atoms with van der Waals surface area (Å²) >= 11 is 0. The quantitative estimate of drug-likeness (QED) is 0.310. The summed E-state index contributed by atoms with van der Waals surface area (Å²) in [6.45, 7) is 57.0. The first-order valence-corrected chi connectivity index (χ1v) is 2.68. The van der Waals surface area contributed by atoms with Gasteiger partial charge in [0.25, 0.3) is 0 Å². The van der Waals surface area contributed by atoms with Crippen molar-refractivity contribution in [2.75, 3.05) is 0 Å². The van der Waals surface area contributed by atoms with Gasteiger partial charge in [0, 0.05) is 0 Å². The molecule has 0 saturated heterocycles. The first-order valence-electron chi connectivity index (χ1n) is 2.68. The molecule has 0 fully saturated rings. The molecule has 0 aromatic heterocycles. The van der Waals surface area contributed by atoms with Crippen molar-refractivity contribution in [1.29, 1.82) is 63.1 Å². The average molecular weight is 873 g/mol. The van der Waals surface area contributed by atoms with Gasteiger partial charge >= 0.3 is 90.5 Å². The fourth-order valence-electron chi connectivity index (χ4n) is 0. The van der Waals surface area contributed by atoms with Crippen molar-refractivity contribution in [3.63, 3.8) is 0 Å². The van der Waals surface area contributed by atoms with Crippen molar-refractivity contribution >= 4 is 0 Å². The zero-order valence-electron chi connectivity index (χ0n) is 13.0. The summed E-state index contributed by atoms with van der Waals surface area (Å²) in [7, 11) is 0. The summed E-state index contributed by atoms with van der Waals surface area (Å²) in [5, 5.41) is 75.0. The Morgan fingerprint density at radius 3 is 0.172 bits per heavy atom.